The van der Waals surface area contributed by atoms with Crippen LogP contribution in [0.4, 0.5) is 0 Å². The first-order valence-corrected chi connectivity index (χ1v) is 8.86. The monoisotopic (exact) mass is 340 g/mol. The fourth-order valence-electron chi connectivity index (χ4n) is 3.76. The highest BCUT2D eigenvalue weighted by atomic mass is 16.5. The molecule has 1 unspecified atom stereocenters. The van der Waals surface area contributed by atoms with Crippen molar-refractivity contribution in [2.45, 2.75) is 37.5 Å². The van der Waals surface area contributed by atoms with E-state index < -0.39 is 0 Å². The summed E-state index contributed by atoms with van der Waals surface area (Å²) in [5.74, 6) is 1.65. The van der Waals surface area contributed by atoms with Crippen molar-refractivity contribution in [3.8, 4) is 11.6 Å². The van der Waals surface area contributed by atoms with Crippen LogP contribution in [0.15, 0.2) is 42.6 Å². The van der Waals surface area contributed by atoms with E-state index >= 15 is 0 Å². The van der Waals surface area contributed by atoms with Crippen molar-refractivity contribution < 1.29 is 14.2 Å². The Hall–Kier alpha value is -2.11. The van der Waals surface area contributed by atoms with E-state index in [1.54, 1.807) is 13.3 Å². The molecule has 3 heterocycles. The number of ether oxygens (including phenoxy) is 3. The first-order chi connectivity index (χ1) is 12.3. The third-order valence-corrected chi connectivity index (χ3v) is 5.16. The van der Waals surface area contributed by atoms with E-state index in [-0.39, 0.29) is 11.6 Å². The zero-order valence-corrected chi connectivity index (χ0v) is 14.5. The Kier molecular flexibility index (Phi) is 4.59. The highest BCUT2D eigenvalue weighted by Gasteiger charge is 2.41. The Balaban J connectivity index is 1.54. The van der Waals surface area contributed by atoms with Gasteiger partial charge in [0.1, 0.15) is 11.4 Å². The van der Waals surface area contributed by atoms with Crippen LogP contribution in [0.25, 0.3) is 0 Å². The predicted octanol–water partition coefficient (Wildman–Crippen LogP) is 3.25. The predicted molar refractivity (Wildman–Crippen MR) is 94.8 cm³/mol. The molecule has 2 aliphatic heterocycles. The van der Waals surface area contributed by atoms with Crippen LogP contribution in [0.5, 0.6) is 11.6 Å². The second-order valence-corrected chi connectivity index (χ2v) is 6.78. The number of pyridine rings is 1. The van der Waals surface area contributed by atoms with Crippen LogP contribution in [-0.2, 0) is 11.3 Å². The number of aromatic nitrogens is 1. The fourth-order valence-corrected chi connectivity index (χ4v) is 3.76. The zero-order valence-electron chi connectivity index (χ0n) is 14.5. The minimum Gasteiger partial charge on any atom is -0.487 e. The molecular weight excluding hydrogens is 316 g/mol. The molecule has 0 saturated carbocycles. The fraction of sp³-hybridized carbons (Fsp3) is 0.450. The Bertz CT molecular complexity index is 728. The standard InChI is InChI=1S/C20H24N2O3/c1-23-19-12-15(6-9-21-19)14-22-17-13-20(7-10-24-11-8-20)25-18-5-3-2-4-16(17)18/h2-6,9,12,17,22H,7-8,10-11,13-14H2,1H3. The number of hydrogen-bond acceptors (Lipinski definition) is 5. The van der Waals surface area contributed by atoms with Gasteiger partial charge >= 0.3 is 0 Å². The smallest absolute Gasteiger partial charge is 0.213 e. The van der Waals surface area contributed by atoms with Crippen LogP contribution >= 0.6 is 0 Å². The maximum absolute atomic E-state index is 6.43. The molecule has 2 aromatic rings. The molecule has 0 amide bonds. The number of benzene rings is 1. The molecule has 0 radical (unpaired) electrons. The van der Waals surface area contributed by atoms with Crippen molar-refractivity contribution in [3.63, 3.8) is 0 Å². The van der Waals surface area contributed by atoms with Gasteiger partial charge in [0.25, 0.3) is 0 Å². The van der Waals surface area contributed by atoms with Gasteiger partial charge in [0.05, 0.1) is 20.3 Å². The Labute approximate surface area is 148 Å². The van der Waals surface area contributed by atoms with Crippen LogP contribution in [0.2, 0.25) is 0 Å². The van der Waals surface area contributed by atoms with Crippen molar-refractivity contribution in [1.29, 1.82) is 0 Å². The maximum atomic E-state index is 6.43. The quantitative estimate of drug-likeness (QED) is 0.926. The van der Waals surface area contributed by atoms with Crippen molar-refractivity contribution >= 4 is 0 Å². The molecule has 1 aromatic heterocycles. The summed E-state index contributed by atoms with van der Waals surface area (Å²) in [6, 6.07) is 12.6. The molecule has 0 bridgehead atoms. The molecule has 5 nitrogen and oxygen atoms in total. The van der Waals surface area contributed by atoms with Crippen molar-refractivity contribution in [1.82, 2.24) is 10.3 Å². The second kappa shape index (κ2) is 7.02. The van der Waals surface area contributed by atoms with E-state index in [2.05, 4.69) is 28.5 Å². The number of rotatable bonds is 4. The van der Waals surface area contributed by atoms with Crippen LogP contribution in [0.3, 0.4) is 0 Å². The molecule has 1 spiro atoms. The summed E-state index contributed by atoms with van der Waals surface area (Å²) in [5, 5.41) is 3.71. The average Bonchev–Trinajstić information content (AvgIpc) is 2.67. The summed E-state index contributed by atoms with van der Waals surface area (Å²) in [6.07, 6.45) is 4.65. The van der Waals surface area contributed by atoms with E-state index in [0.717, 1.165) is 50.3 Å². The van der Waals surface area contributed by atoms with E-state index in [0.29, 0.717) is 5.88 Å². The summed E-state index contributed by atoms with van der Waals surface area (Å²) >= 11 is 0. The number of nitrogens with one attached hydrogen (secondary N) is 1. The second-order valence-electron chi connectivity index (χ2n) is 6.78. The van der Waals surface area contributed by atoms with Gasteiger partial charge in [-0.1, -0.05) is 18.2 Å². The van der Waals surface area contributed by atoms with Gasteiger partial charge in [-0.3, -0.25) is 0 Å². The largest absolute Gasteiger partial charge is 0.487 e. The summed E-state index contributed by atoms with van der Waals surface area (Å²) in [7, 11) is 1.64. The molecule has 1 aromatic carbocycles. The van der Waals surface area contributed by atoms with Crippen LogP contribution in [0.1, 0.15) is 36.4 Å². The number of hydrogen-bond donors (Lipinski definition) is 1. The summed E-state index contributed by atoms with van der Waals surface area (Å²) in [5.41, 5.74) is 2.29. The summed E-state index contributed by atoms with van der Waals surface area (Å²) < 4.78 is 17.2. The normalized spacial score (nSPS) is 21.4. The topological polar surface area (TPSA) is 52.6 Å². The van der Waals surface area contributed by atoms with E-state index in [1.165, 1.54) is 5.56 Å². The zero-order chi connectivity index (χ0) is 17.1. The Morgan fingerprint density at radius 2 is 2.08 bits per heavy atom. The van der Waals surface area contributed by atoms with Gasteiger partial charge in [0, 0.05) is 49.7 Å². The Morgan fingerprint density at radius 3 is 2.92 bits per heavy atom. The third-order valence-electron chi connectivity index (χ3n) is 5.16. The molecule has 4 rings (SSSR count). The molecule has 132 valence electrons. The van der Waals surface area contributed by atoms with Crippen LogP contribution < -0.4 is 14.8 Å². The molecule has 5 heteroatoms. The van der Waals surface area contributed by atoms with Gasteiger partial charge in [-0.15, -0.1) is 0 Å². The lowest BCUT2D eigenvalue weighted by Gasteiger charge is -2.44. The summed E-state index contributed by atoms with van der Waals surface area (Å²) in [6.45, 7) is 2.32. The van der Waals surface area contributed by atoms with Gasteiger partial charge in [0.15, 0.2) is 0 Å². The van der Waals surface area contributed by atoms with Gasteiger partial charge in [-0.25, -0.2) is 4.98 Å². The summed E-state index contributed by atoms with van der Waals surface area (Å²) in [4.78, 5) is 4.17. The average molecular weight is 340 g/mol. The highest BCUT2D eigenvalue weighted by molar-refractivity contribution is 5.39. The van der Waals surface area contributed by atoms with Gasteiger partial charge in [-0.05, 0) is 17.7 Å². The van der Waals surface area contributed by atoms with Gasteiger partial charge < -0.3 is 19.5 Å². The molecule has 0 aliphatic carbocycles. The molecule has 1 atom stereocenters. The van der Waals surface area contributed by atoms with Crippen molar-refractivity contribution in [2.24, 2.45) is 0 Å². The third kappa shape index (κ3) is 3.48. The first-order valence-electron chi connectivity index (χ1n) is 8.86. The lowest BCUT2D eigenvalue weighted by atomic mass is 9.82. The molecule has 1 saturated heterocycles. The minimum atomic E-state index is -0.111. The lowest BCUT2D eigenvalue weighted by molar-refractivity contribution is -0.0647. The van der Waals surface area contributed by atoms with Gasteiger partial charge in [-0.2, -0.15) is 0 Å². The number of methoxy groups -OCH3 is 1. The molecule has 1 fully saturated rings. The molecule has 25 heavy (non-hydrogen) atoms. The van der Waals surface area contributed by atoms with Gasteiger partial charge in [0.2, 0.25) is 5.88 Å². The molecular formula is C20H24N2O3. The van der Waals surface area contributed by atoms with E-state index in [4.69, 9.17) is 14.2 Å². The van der Waals surface area contributed by atoms with Crippen molar-refractivity contribution in [2.75, 3.05) is 20.3 Å². The molecule has 2 aliphatic rings. The highest BCUT2D eigenvalue weighted by Crippen LogP contribution is 2.43. The van der Waals surface area contributed by atoms with Crippen LogP contribution in [0, 0.1) is 0 Å². The van der Waals surface area contributed by atoms with E-state index in [1.807, 2.05) is 18.2 Å². The number of para-hydroxylation sites is 1. The molecule has 1 N–H and O–H groups in total. The van der Waals surface area contributed by atoms with Crippen LogP contribution in [-0.4, -0.2) is 30.9 Å². The lowest BCUT2D eigenvalue weighted by Crippen LogP contribution is -2.47. The van der Waals surface area contributed by atoms with Crippen molar-refractivity contribution in [3.05, 3.63) is 53.7 Å². The Morgan fingerprint density at radius 1 is 1.24 bits per heavy atom. The maximum Gasteiger partial charge on any atom is 0.213 e. The minimum absolute atomic E-state index is 0.111. The number of nitrogens with zero attached hydrogens (tertiary/aromatic N) is 1. The van der Waals surface area contributed by atoms with E-state index in [9.17, 15) is 0 Å². The first kappa shape index (κ1) is 16.4. The SMILES string of the molecule is COc1cc(CNC2CC3(CCOCC3)Oc3ccccc32)ccn1. The number of fused-ring (bicyclic) bond motifs is 1.